The summed E-state index contributed by atoms with van der Waals surface area (Å²) in [5.41, 5.74) is 1.42. The SMILES string of the molecule is O=C(Nc1nnc(C=Cc2ccccc2)s1)c1ccc(F)cc1. The van der Waals surface area contributed by atoms with Crippen molar-refractivity contribution in [1.29, 1.82) is 0 Å². The summed E-state index contributed by atoms with van der Waals surface area (Å²) in [5, 5.41) is 11.6. The number of nitrogens with zero attached hydrogens (tertiary/aromatic N) is 2. The van der Waals surface area contributed by atoms with Crippen LogP contribution in [0.2, 0.25) is 0 Å². The fourth-order valence-corrected chi connectivity index (χ4v) is 2.50. The molecule has 0 aliphatic rings. The fraction of sp³-hybridized carbons (Fsp3) is 0. The predicted molar refractivity (Wildman–Crippen MR) is 89.6 cm³/mol. The zero-order valence-corrected chi connectivity index (χ0v) is 12.8. The van der Waals surface area contributed by atoms with E-state index in [0.717, 1.165) is 5.56 Å². The third-order valence-corrected chi connectivity index (χ3v) is 3.79. The predicted octanol–water partition coefficient (Wildman–Crippen LogP) is 4.10. The van der Waals surface area contributed by atoms with Crippen LogP contribution in [0.15, 0.2) is 54.6 Å². The van der Waals surface area contributed by atoms with Crippen LogP contribution < -0.4 is 5.32 Å². The van der Waals surface area contributed by atoms with Crippen LogP contribution >= 0.6 is 11.3 Å². The smallest absolute Gasteiger partial charge is 0.257 e. The molecule has 0 aliphatic heterocycles. The minimum absolute atomic E-state index is 0.347. The van der Waals surface area contributed by atoms with E-state index in [1.54, 1.807) is 0 Å². The van der Waals surface area contributed by atoms with Gasteiger partial charge in [0.25, 0.3) is 5.91 Å². The Bertz CT molecular complexity index is 829. The summed E-state index contributed by atoms with van der Waals surface area (Å²) in [6.07, 6.45) is 3.76. The van der Waals surface area contributed by atoms with Gasteiger partial charge in [-0.3, -0.25) is 10.1 Å². The van der Waals surface area contributed by atoms with Gasteiger partial charge in [-0.15, -0.1) is 10.2 Å². The highest BCUT2D eigenvalue weighted by molar-refractivity contribution is 7.16. The van der Waals surface area contributed by atoms with Crippen LogP contribution in [-0.2, 0) is 0 Å². The second-order valence-electron chi connectivity index (χ2n) is 4.65. The van der Waals surface area contributed by atoms with Crippen LogP contribution in [0.5, 0.6) is 0 Å². The van der Waals surface area contributed by atoms with Gasteiger partial charge in [-0.2, -0.15) is 0 Å². The van der Waals surface area contributed by atoms with E-state index in [1.807, 2.05) is 42.5 Å². The number of amides is 1. The van der Waals surface area contributed by atoms with Gasteiger partial charge in [-0.25, -0.2) is 4.39 Å². The molecular weight excluding hydrogens is 313 g/mol. The number of carbonyl (C=O) groups is 1. The Morgan fingerprint density at radius 1 is 1.00 bits per heavy atom. The molecule has 6 heteroatoms. The molecule has 1 heterocycles. The summed E-state index contributed by atoms with van der Waals surface area (Å²) in [5.74, 6) is -0.731. The molecule has 4 nitrogen and oxygen atoms in total. The number of anilines is 1. The second kappa shape index (κ2) is 6.93. The van der Waals surface area contributed by atoms with E-state index in [0.29, 0.717) is 15.7 Å². The molecule has 0 saturated carbocycles. The molecular formula is C17H12FN3OS. The molecule has 114 valence electrons. The first kappa shape index (κ1) is 15.1. The van der Waals surface area contributed by atoms with Crippen molar-refractivity contribution in [1.82, 2.24) is 10.2 Å². The van der Waals surface area contributed by atoms with Crippen molar-refractivity contribution < 1.29 is 9.18 Å². The molecule has 0 fully saturated rings. The first-order valence-corrected chi connectivity index (χ1v) is 7.66. The number of carbonyl (C=O) groups excluding carboxylic acids is 1. The Balaban J connectivity index is 1.66. The van der Waals surface area contributed by atoms with E-state index in [9.17, 15) is 9.18 Å². The van der Waals surface area contributed by atoms with Crippen LogP contribution in [0.1, 0.15) is 20.9 Å². The normalized spacial score (nSPS) is 10.8. The van der Waals surface area contributed by atoms with E-state index in [2.05, 4.69) is 15.5 Å². The molecule has 3 aromatic rings. The van der Waals surface area contributed by atoms with Gasteiger partial charge in [0.05, 0.1) is 0 Å². The van der Waals surface area contributed by atoms with E-state index < -0.39 is 0 Å². The van der Waals surface area contributed by atoms with E-state index in [1.165, 1.54) is 35.6 Å². The van der Waals surface area contributed by atoms with Gasteiger partial charge in [0, 0.05) is 5.56 Å². The summed E-state index contributed by atoms with van der Waals surface area (Å²) in [6.45, 7) is 0. The number of aromatic nitrogens is 2. The average molecular weight is 325 g/mol. The van der Waals surface area contributed by atoms with Crippen LogP contribution in [-0.4, -0.2) is 16.1 Å². The highest BCUT2D eigenvalue weighted by Gasteiger charge is 2.09. The maximum Gasteiger partial charge on any atom is 0.257 e. The van der Waals surface area contributed by atoms with E-state index in [4.69, 9.17) is 0 Å². The molecule has 0 spiro atoms. The lowest BCUT2D eigenvalue weighted by molar-refractivity contribution is 0.102. The van der Waals surface area contributed by atoms with Gasteiger partial charge in [-0.1, -0.05) is 47.7 Å². The average Bonchev–Trinajstić information content (AvgIpc) is 3.02. The van der Waals surface area contributed by atoms with Gasteiger partial charge in [0.1, 0.15) is 10.8 Å². The summed E-state index contributed by atoms with van der Waals surface area (Å²) in [4.78, 5) is 12.0. The Hall–Kier alpha value is -2.86. The Morgan fingerprint density at radius 2 is 1.74 bits per heavy atom. The third kappa shape index (κ3) is 4.08. The van der Waals surface area contributed by atoms with E-state index >= 15 is 0 Å². The molecule has 23 heavy (non-hydrogen) atoms. The topological polar surface area (TPSA) is 54.9 Å². The van der Waals surface area contributed by atoms with Crippen molar-refractivity contribution >= 4 is 34.5 Å². The first-order chi connectivity index (χ1) is 11.2. The molecule has 0 aliphatic carbocycles. The zero-order chi connectivity index (χ0) is 16.1. The summed E-state index contributed by atoms with van der Waals surface area (Å²) in [7, 11) is 0. The summed E-state index contributed by atoms with van der Waals surface area (Å²) in [6, 6.07) is 15.1. The standard InChI is InChI=1S/C17H12FN3OS/c18-14-9-7-13(8-10-14)16(22)19-17-21-20-15(23-17)11-6-12-4-2-1-3-5-12/h1-11H,(H,19,21,22). The molecule has 3 rings (SSSR count). The minimum Gasteiger partial charge on any atom is -0.296 e. The zero-order valence-electron chi connectivity index (χ0n) is 11.9. The molecule has 0 saturated heterocycles. The first-order valence-electron chi connectivity index (χ1n) is 6.84. The summed E-state index contributed by atoms with van der Waals surface area (Å²) >= 11 is 1.26. The lowest BCUT2D eigenvalue weighted by Gasteiger charge is -2.00. The molecule has 1 amide bonds. The number of benzene rings is 2. The Labute approximate surface area is 136 Å². The minimum atomic E-state index is -0.384. The molecule has 0 bridgehead atoms. The number of hydrogen-bond acceptors (Lipinski definition) is 4. The van der Waals surface area contributed by atoms with Gasteiger partial charge >= 0.3 is 0 Å². The number of hydrogen-bond donors (Lipinski definition) is 1. The maximum absolute atomic E-state index is 12.8. The van der Waals surface area contributed by atoms with Crippen LogP contribution in [0.3, 0.4) is 0 Å². The fourth-order valence-electron chi connectivity index (χ4n) is 1.85. The monoisotopic (exact) mass is 325 g/mol. The highest BCUT2D eigenvalue weighted by atomic mass is 32.1. The van der Waals surface area contributed by atoms with Crippen molar-refractivity contribution in [3.8, 4) is 0 Å². The number of nitrogens with one attached hydrogen (secondary N) is 1. The third-order valence-electron chi connectivity index (χ3n) is 2.99. The summed E-state index contributed by atoms with van der Waals surface area (Å²) < 4.78 is 12.8. The molecule has 1 aromatic heterocycles. The Kier molecular flexibility index (Phi) is 4.54. The van der Waals surface area contributed by atoms with Crippen molar-refractivity contribution in [3.05, 3.63) is 76.5 Å². The molecule has 1 N–H and O–H groups in total. The lowest BCUT2D eigenvalue weighted by atomic mass is 10.2. The lowest BCUT2D eigenvalue weighted by Crippen LogP contribution is -2.11. The van der Waals surface area contributed by atoms with Crippen LogP contribution in [0.25, 0.3) is 12.2 Å². The van der Waals surface area contributed by atoms with Gasteiger partial charge < -0.3 is 0 Å². The van der Waals surface area contributed by atoms with Gasteiger partial charge in [0.15, 0.2) is 0 Å². The van der Waals surface area contributed by atoms with Crippen molar-refractivity contribution in [2.45, 2.75) is 0 Å². The maximum atomic E-state index is 12.8. The number of rotatable bonds is 4. The quantitative estimate of drug-likeness (QED) is 0.786. The van der Waals surface area contributed by atoms with E-state index in [-0.39, 0.29) is 11.7 Å². The number of halogens is 1. The van der Waals surface area contributed by atoms with Crippen molar-refractivity contribution in [3.63, 3.8) is 0 Å². The molecule has 0 unspecified atom stereocenters. The van der Waals surface area contributed by atoms with Gasteiger partial charge in [-0.05, 0) is 35.9 Å². The van der Waals surface area contributed by atoms with Crippen molar-refractivity contribution in [2.24, 2.45) is 0 Å². The molecule has 0 radical (unpaired) electrons. The van der Waals surface area contributed by atoms with Gasteiger partial charge in [0.2, 0.25) is 5.13 Å². The van der Waals surface area contributed by atoms with Crippen LogP contribution in [0, 0.1) is 5.82 Å². The molecule has 2 aromatic carbocycles. The van der Waals surface area contributed by atoms with Crippen LogP contribution in [0.4, 0.5) is 9.52 Å². The Morgan fingerprint density at radius 3 is 2.48 bits per heavy atom. The highest BCUT2D eigenvalue weighted by Crippen LogP contribution is 2.18. The second-order valence-corrected chi connectivity index (χ2v) is 5.66. The van der Waals surface area contributed by atoms with Crippen molar-refractivity contribution in [2.75, 3.05) is 5.32 Å². The largest absolute Gasteiger partial charge is 0.296 e. The molecule has 0 atom stereocenters.